The van der Waals surface area contributed by atoms with Crippen LogP contribution in [0.5, 0.6) is 0 Å². The van der Waals surface area contributed by atoms with Gasteiger partial charge in [-0.25, -0.2) is 0 Å². The zero-order valence-electron chi connectivity index (χ0n) is 7.63. The van der Waals surface area contributed by atoms with Crippen molar-refractivity contribution in [3.05, 3.63) is 0 Å². The van der Waals surface area contributed by atoms with Crippen molar-refractivity contribution in [1.29, 1.82) is 0 Å². The summed E-state index contributed by atoms with van der Waals surface area (Å²) in [5, 5.41) is 3.67. The lowest BCUT2D eigenvalue weighted by Crippen LogP contribution is -2.51. The molecule has 2 atom stereocenters. The van der Waals surface area contributed by atoms with Crippen molar-refractivity contribution < 1.29 is 0 Å². The lowest BCUT2D eigenvalue weighted by molar-refractivity contribution is 0.189. The Bertz CT molecular complexity index is 165. The Morgan fingerprint density at radius 1 is 1.00 bits per heavy atom. The highest BCUT2D eigenvalue weighted by Crippen LogP contribution is 2.31. The fourth-order valence-corrected chi connectivity index (χ4v) is 2.70. The highest BCUT2D eigenvalue weighted by Gasteiger charge is 2.34. The van der Waals surface area contributed by atoms with Crippen LogP contribution >= 0.6 is 0 Å². The minimum Gasteiger partial charge on any atom is -0.309 e. The molecule has 1 saturated carbocycles. The SMILES string of the molecule is C1CC1CN1CC2CCC(C1)N2. The molecule has 0 amide bonds. The Hall–Kier alpha value is -0.0800. The lowest BCUT2D eigenvalue weighted by Gasteiger charge is -2.32. The number of rotatable bonds is 2. The van der Waals surface area contributed by atoms with Crippen molar-refractivity contribution in [3.63, 3.8) is 0 Å². The van der Waals surface area contributed by atoms with E-state index in [2.05, 4.69) is 10.2 Å². The number of hydrogen-bond donors (Lipinski definition) is 1. The molecule has 0 radical (unpaired) electrons. The van der Waals surface area contributed by atoms with E-state index in [4.69, 9.17) is 0 Å². The zero-order chi connectivity index (χ0) is 7.97. The number of nitrogens with zero attached hydrogens (tertiary/aromatic N) is 1. The monoisotopic (exact) mass is 166 g/mol. The molecule has 68 valence electrons. The first kappa shape index (κ1) is 7.34. The normalized spacial score (nSPS) is 42.0. The summed E-state index contributed by atoms with van der Waals surface area (Å²) in [6.45, 7) is 4.05. The van der Waals surface area contributed by atoms with Crippen LogP contribution < -0.4 is 5.32 Å². The number of nitrogens with one attached hydrogen (secondary N) is 1. The lowest BCUT2D eigenvalue weighted by atomic mass is 10.2. The highest BCUT2D eigenvalue weighted by molar-refractivity contribution is 4.93. The van der Waals surface area contributed by atoms with Crippen molar-refractivity contribution in [2.75, 3.05) is 19.6 Å². The maximum Gasteiger partial charge on any atom is 0.0198 e. The van der Waals surface area contributed by atoms with Gasteiger partial charge in [-0.2, -0.15) is 0 Å². The fraction of sp³-hybridized carbons (Fsp3) is 1.00. The van der Waals surface area contributed by atoms with E-state index in [-0.39, 0.29) is 0 Å². The van der Waals surface area contributed by atoms with Gasteiger partial charge in [0.2, 0.25) is 0 Å². The van der Waals surface area contributed by atoms with E-state index in [9.17, 15) is 0 Å². The highest BCUT2D eigenvalue weighted by atomic mass is 15.2. The van der Waals surface area contributed by atoms with Gasteiger partial charge in [-0.1, -0.05) is 0 Å². The van der Waals surface area contributed by atoms with Crippen LogP contribution in [0.15, 0.2) is 0 Å². The van der Waals surface area contributed by atoms with Gasteiger partial charge in [0.25, 0.3) is 0 Å². The van der Waals surface area contributed by atoms with E-state index in [0.717, 1.165) is 18.0 Å². The van der Waals surface area contributed by atoms with Gasteiger partial charge in [-0.05, 0) is 31.6 Å². The Balaban J connectivity index is 1.58. The topological polar surface area (TPSA) is 15.3 Å². The summed E-state index contributed by atoms with van der Waals surface area (Å²) in [7, 11) is 0. The van der Waals surface area contributed by atoms with Crippen LogP contribution in [0.1, 0.15) is 25.7 Å². The number of likely N-dealkylation sites (tertiary alicyclic amines) is 1. The third kappa shape index (κ3) is 1.38. The Kier molecular flexibility index (Phi) is 1.66. The summed E-state index contributed by atoms with van der Waals surface area (Å²) in [6.07, 6.45) is 5.84. The maximum absolute atomic E-state index is 3.67. The van der Waals surface area contributed by atoms with Gasteiger partial charge < -0.3 is 5.32 Å². The number of fused-ring (bicyclic) bond motifs is 2. The van der Waals surface area contributed by atoms with E-state index in [1.54, 1.807) is 0 Å². The molecule has 2 bridgehead atoms. The molecule has 1 aliphatic carbocycles. The third-order valence-corrected chi connectivity index (χ3v) is 3.51. The Morgan fingerprint density at radius 2 is 1.67 bits per heavy atom. The summed E-state index contributed by atoms with van der Waals surface area (Å²) in [5.74, 6) is 1.07. The van der Waals surface area contributed by atoms with Crippen LogP contribution in [-0.4, -0.2) is 36.6 Å². The molecular weight excluding hydrogens is 148 g/mol. The van der Waals surface area contributed by atoms with Crippen LogP contribution in [0.25, 0.3) is 0 Å². The minimum absolute atomic E-state index is 0.836. The fourth-order valence-electron chi connectivity index (χ4n) is 2.70. The zero-order valence-corrected chi connectivity index (χ0v) is 7.63. The van der Waals surface area contributed by atoms with Gasteiger partial charge >= 0.3 is 0 Å². The van der Waals surface area contributed by atoms with Crippen LogP contribution in [0.2, 0.25) is 0 Å². The second-order valence-corrected chi connectivity index (χ2v) is 4.80. The van der Waals surface area contributed by atoms with Crippen LogP contribution in [-0.2, 0) is 0 Å². The first-order valence-corrected chi connectivity index (χ1v) is 5.38. The Morgan fingerprint density at radius 3 is 2.25 bits per heavy atom. The predicted molar refractivity (Wildman–Crippen MR) is 49.1 cm³/mol. The van der Waals surface area contributed by atoms with Crippen LogP contribution in [0.3, 0.4) is 0 Å². The molecule has 1 N–H and O–H groups in total. The van der Waals surface area contributed by atoms with Gasteiger partial charge in [0.05, 0.1) is 0 Å². The first-order chi connectivity index (χ1) is 5.90. The molecule has 2 nitrogen and oxygen atoms in total. The van der Waals surface area contributed by atoms with Crippen molar-refractivity contribution in [1.82, 2.24) is 10.2 Å². The Labute approximate surface area is 74.3 Å². The third-order valence-electron chi connectivity index (χ3n) is 3.51. The number of hydrogen-bond acceptors (Lipinski definition) is 2. The summed E-state index contributed by atoms with van der Waals surface area (Å²) in [6, 6.07) is 1.67. The van der Waals surface area contributed by atoms with Crippen LogP contribution in [0, 0.1) is 5.92 Å². The molecule has 0 aromatic carbocycles. The minimum atomic E-state index is 0.836. The van der Waals surface area contributed by atoms with Crippen LogP contribution in [0.4, 0.5) is 0 Å². The van der Waals surface area contributed by atoms with Gasteiger partial charge in [-0.3, -0.25) is 4.90 Å². The molecule has 0 aromatic rings. The molecule has 2 unspecified atom stereocenters. The summed E-state index contributed by atoms with van der Waals surface area (Å²) in [5.41, 5.74) is 0. The van der Waals surface area contributed by atoms with E-state index < -0.39 is 0 Å². The standard InChI is InChI=1S/C10H18N2/c1-2-8(1)5-12-6-9-3-4-10(7-12)11-9/h8-11H,1-7H2. The molecule has 12 heavy (non-hydrogen) atoms. The summed E-state index contributed by atoms with van der Waals surface area (Å²) >= 11 is 0. The predicted octanol–water partition coefficient (Wildman–Crippen LogP) is 0.833. The average Bonchev–Trinajstić information content (AvgIpc) is 2.79. The molecule has 2 saturated heterocycles. The molecule has 2 aliphatic heterocycles. The van der Waals surface area contributed by atoms with E-state index >= 15 is 0 Å². The van der Waals surface area contributed by atoms with Gasteiger partial charge in [0.15, 0.2) is 0 Å². The summed E-state index contributed by atoms with van der Waals surface area (Å²) in [4.78, 5) is 2.69. The van der Waals surface area contributed by atoms with E-state index in [1.165, 1.54) is 45.3 Å². The summed E-state index contributed by atoms with van der Waals surface area (Å²) < 4.78 is 0. The molecule has 3 fully saturated rings. The quantitative estimate of drug-likeness (QED) is 0.654. The second-order valence-electron chi connectivity index (χ2n) is 4.80. The molecule has 3 rings (SSSR count). The number of piperazine rings is 1. The molecule has 0 aromatic heterocycles. The molecule has 2 heteroatoms. The van der Waals surface area contributed by atoms with Gasteiger partial charge in [0.1, 0.15) is 0 Å². The van der Waals surface area contributed by atoms with Gasteiger partial charge in [-0.15, -0.1) is 0 Å². The molecule has 0 spiro atoms. The van der Waals surface area contributed by atoms with Crippen molar-refractivity contribution in [2.45, 2.75) is 37.8 Å². The first-order valence-electron chi connectivity index (χ1n) is 5.38. The van der Waals surface area contributed by atoms with Crippen molar-refractivity contribution in [3.8, 4) is 0 Å². The smallest absolute Gasteiger partial charge is 0.0198 e. The van der Waals surface area contributed by atoms with Crippen molar-refractivity contribution >= 4 is 0 Å². The molecular formula is C10H18N2. The van der Waals surface area contributed by atoms with E-state index in [0.29, 0.717) is 0 Å². The molecule has 2 heterocycles. The molecule has 3 aliphatic rings. The maximum atomic E-state index is 3.67. The van der Waals surface area contributed by atoms with Gasteiger partial charge in [0, 0.05) is 31.7 Å². The van der Waals surface area contributed by atoms with E-state index in [1.807, 2.05) is 0 Å². The van der Waals surface area contributed by atoms with Crippen molar-refractivity contribution in [2.24, 2.45) is 5.92 Å². The second kappa shape index (κ2) is 2.71. The largest absolute Gasteiger partial charge is 0.309 e. The average molecular weight is 166 g/mol.